The number of nitro groups is 1. The highest BCUT2D eigenvalue weighted by molar-refractivity contribution is 6.33. The molecule has 0 heterocycles. The molecule has 30 heavy (non-hydrogen) atoms. The lowest BCUT2D eigenvalue weighted by Gasteiger charge is -2.08. The van der Waals surface area contributed by atoms with E-state index in [-0.39, 0.29) is 35.0 Å². The summed E-state index contributed by atoms with van der Waals surface area (Å²) in [6.07, 6.45) is 2.90. The highest BCUT2D eigenvalue weighted by Crippen LogP contribution is 2.26. The molecule has 9 heteroatoms. The summed E-state index contributed by atoms with van der Waals surface area (Å²) in [6.45, 7) is -0.592. The number of nitrogens with zero attached hydrogens (tertiary/aromatic N) is 1. The zero-order valence-corrected chi connectivity index (χ0v) is 16.7. The number of ketones is 1. The van der Waals surface area contributed by atoms with Crippen molar-refractivity contribution in [1.82, 2.24) is 0 Å². The van der Waals surface area contributed by atoms with Crippen molar-refractivity contribution in [3.8, 4) is 0 Å². The van der Waals surface area contributed by atoms with Gasteiger partial charge in [-0.05, 0) is 42.5 Å². The van der Waals surface area contributed by atoms with Gasteiger partial charge in [0.2, 0.25) is 0 Å². The first-order valence-electron chi connectivity index (χ1n) is 9.38. The number of rotatable bonds is 8. The van der Waals surface area contributed by atoms with Gasteiger partial charge in [0, 0.05) is 24.1 Å². The topological polar surface area (TPSA) is 116 Å². The Bertz CT molecular complexity index is 1020. The van der Waals surface area contributed by atoms with Crippen LogP contribution in [0.5, 0.6) is 0 Å². The summed E-state index contributed by atoms with van der Waals surface area (Å²) >= 11 is 5.90. The van der Waals surface area contributed by atoms with Gasteiger partial charge >= 0.3 is 5.97 Å². The van der Waals surface area contributed by atoms with E-state index in [0.29, 0.717) is 5.56 Å². The maximum Gasteiger partial charge on any atom is 0.306 e. The third kappa shape index (κ3) is 5.42. The first kappa shape index (κ1) is 21.4. The number of esters is 1. The molecule has 2 aromatic carbocycles. The molecule has 2 aromatic rings. The number of carbonyl (C=O) groups is 3. The first-order valence-corrected chi connectivity index (χ1v) is 9.75. The van der Waals surface area contributed by atoms with E-state index in [9.17, 15) is 24.5 Å². The van der Waals surface area contributed by atoms with Crippen molar-refractivity contribution in [3.63, 3.8) is 0 Å². The Morgan fingerprint density at radius 2 is 1.83 bits per heavy atom. The van der Waals surface area contributed by atoms with Crippen LogP contribution in [-0.4, -0.2) is 29.2 Å². The van der Waals surface area contributed by atoms with Gasteiger partial charge in [-0.1, -0.05) is 23.7 Å². The van der Waals surface area contributed by atoms with E-state index in [2.05, 4.69) is 5.32 Å². The Kier molecular flexibility index (Phi) is 6.79. The third-order valence-electron chi connectivity index (χ3n) is 4.78. The van der Waals surface area contributed by atoms with Gasteiger partial charge in [-0.15, -0.1) is 0 Å². The molecule has 0 bridgehead atoms. The van der Waals surface area contributed by atoms with E-state index in [1.54, 1.807) is 6.07 Å². The van der Waals surface area contributed by atoms with E-state index < -0.39 is 23.4 Å². The fourth-order valence-electron chi connectivity index (χ4n) is 3.23. The molecule has 1 aliphatic rings. The number of non-ortho nitro benzene ring substituents is 1. The van der Waals surface area contributed by atoms with Crippen molar-refractivity contribution in [1.29, 1.82) is 0 Å². The second-order valence-corrected chi connectivity index (χ2v) is 7.30. The SMILES string of the molecule is O=C(COC(=O)CCC(=O)c1ccc2c(c1)CCC2)Nc1cc([N+](=O)[O-])ccc1Cl. The average molecular weight is 431 g/mol. The minimum Gasteiger partial charge on any atom is -0.456 e. The number of fused-ring (bicyclic) bond motifs is 1. The predicted octanol–water partition coefficient (Wildman–Crippen LogP) is 3.88. The van der Waals surface area contributed by atoms with Crippen LogP contribution in [0.25, 0.3) is 0 Å². The number of Topliss-reactive ketones (excluding diaryl/α,β-unsaturated/α-hetero) is 1. The van der Waals surface area contributed by atoms with Crippen LogP contribution >= 0.6 is 11.6 Å². The molecule has 0 spiro atoms. The van der Waals surface area contributed by atoms with E-state index in [4.69, 9.17) is 16.3 Å². The molecule has 0 saturated carbocycles. The largest absolute Gasteiger partial charge is 0.456 e. The molecular formula is C21H19ClN2O6. The van der Waals surface area contributed by atoms with Crippen LogP contribution in [0.4, 0.5) is 11.4 Å². The highest BCUT2D eigenvalue weighted by atomic mass is 35.5. The van der Waals surface area contributed by atoms with E-state index in [0.717, 1.165) is 25.3 Å². The molecule has 0 unspecified atom stereocenters. The highest BCUT2D eigenvalue weighted by Gasteiger charge is 2.17. The van der Waals surface area contributed by atoms with Gasteiger partial charge in [0.25, 0.3) is 11.6 Å². The summed E-state index contributed by atoms with van der Waals surface area (Å²) < 4.78 is 4.87. The van der Waals surface area contributed by atoms with Gasteiger partial charge < -0.3 is 10.1 Å². The minimum absolute atomic E-state index is 0.0179. The number of nitro benzene ring substituents is 1. The molecule has 3 rings (SSSR count). The normalized spacial score (nSPS) is 12.2. The number of amides is 1. The Morgan fingerprint density at radius 3 is 2.60 bits per heavy atom. The fraction of sp³-hybridized carbons (Fsp3) is 0.286. The lowest BCUT2D eigenvalue weighted by atomic mass is 10.0. The van der Waals surface area contributed by atoms with E-state index >= 15 is 0 Å². The van der Waals surface area contributed by atoms with Crippen molar-refractivity contribution < 1.29 is 24.0 Å². The third-order valence-corrected chi connectivity index (χ3v) is 5.11. The molecule has 1 amide bonds. The lowest BCUT2D eigenvalue weighted by Crippen LogP contribution is -2.21. The molecule has 0 aromatic heterocycles. The second kappa shape index (κ2) is 9.49. The van der Waals surface area contributed by atoms with Crippen LogP contribution in [0, 0.1) is 10.1 Å². The van der Waals surface area contributed by atoms with Crippen molar-refractivity contribution in [2.75, 3.05) is 11.9 Å². The van der Waals surface area contributed by atoms with Crippen molar-refractivity contribution in [3.05, 3.63) is 68.2 Å². The number of nitrogens with one attached hydrogen (secondary N) is 1. The standard InChI is InChI=1S/C21H19ClN2O6/c22-17-7-6-16(24(28)29)11-18(17)23-20(26)12-30-21(27)9-8-19(25)15-5-4-13-2-1-3-14(13)10-15/h4-7,10-11H,1-3,8-9,12H2,(H,23,26). The summed E-state index contributed by atoms with van der Waals surface area (Å²) in [5.41, 5.74) is 2.82. The molecule has 0 saturated heterocycles. The lowest BCUT2D eigenvalue weighted by molar-refractivity contribution is -0.384. The van der Waals surface area contributed by atoms with E-state index in [1.807, 2.05) is 12.1 Å². The molecule has 0 fully saturated rings. The summed E-state index contributed by atoms with van der Waals surface area (Å²) in [7, 11) is 0. The molecule has 0 aliphatic heterocycles. The van der Waals surface area contributed by atoms with E-state index in [1.165, 1.54) is 23.3 Å². The average Bonchev–Trinajstić information content (AvgIpc) is 3.19. The monoisotopic (exact) mass is 430 g/mol. The smallest absolute Gasteiger partial charge is 0.306 e. The van der Waals surface area contributed by atoms with Crippen molar-refractivity contribution in [2.45, 2.75) is 32.1 Å². The second-order valence-electron chi connectivity index (χ2n) is 6.89. The molecule has 156 valence electrons. The zero-order chi connectivity index (χ0) is 21.7. The van der Waals surface area contributed by atoms with Crippen LogP contribution in [0.15, 0.2) is 36.4 Å². The Hall–Kier alpha value is -3.26. The Labute approximate surface area is 177 Å². The van der Waals surface area contributed by atoms with Gasteiger partial charge in [0.1, 0.15) is 0 Å². The van der Waals surface area contributed by atoms with Gasteiger partial charge in [0.15, 0.2) is 12.4 Å². The van der Waals surface area contributed by atoms with Crippen LogP contribution < -0.4 is 5.32 Å². The molecule has 8 nitrogen and oxygen atoms in total. The van der Waals surface area contributed by atoms with Gasteiger partial charge in [-0.25, -0.2) is 0 Å². The summed E-state index contributed by atoms with van der Waals surface area (Å²) in [5, 5.41) is 13.3. The summed E-state index contributed by atoms with van der Waals surface area (Å²) in [6, 6.07) is 9.21. The number of halogens is 1. The maximum atomic E-state index is 12.3. The summed E-state index contributed by atoms with van der Waals surface area (Å²) in [4.78, 5) is 46.3. The predicted molar refractivity (Wildman–Crippen MR) is 110 cm³/mol. The van der Waals surface area contributed by atoms with Crippen LogP contribution in [-0.2, 0) is 27.2 Å². The minimum atomic E-state index is -0.698. The Morgan fingerprint density at radius 1 is 1.07 bits per heavy atom. The van der Waals surface area contributed by atoms with Gasteiger partial charge in [-0.2, -0.15) is 0 Å². The van der Waals surface area contributed by atoms with Gasteiger partial charge in [0.05, 0.1) is 22.1 Å². The molecule has 0 radical (unpaired) electrons. The molecule has 1 N–H and O–H groups in total. The number of ether oxygens (including phenoxy) is 1. The van der Waals surface area contributed by atoms with Crippen molar-refractivity contribution in [2.24, 2.45) is 0 Å². The number of hydrogen-bond acceptors (Lipinski definition) is 6. The summed E-state index contributed by atoms with van der Waals surface area (Å²) in [5.74, 6) is -1.55. The Balaban J connectivity index is 1.45. The quantitative estimate of drug-likeness (QED) is 0.294. The number of carbonyl (C=O) groups excluding carboxylic acids is 3. The number of hydrogen-bond donors (Lipinski definition) is 1. The molecule has 0 atom stereocenters. The van der Waals surface area contributed by atoms with Crippen LogP contribution in [0.3, 0.4) is 0 Å². The molecular weight excluding hydrogens is 412 g/mol. The number of benzene rings is 2. The maximum absolute atomic E-state index is 12.3. The van der Waals surface area contributed by atoms with Crippen LogP contribution in [0.1, 0.15) is 40.7 Å². The molecule has 1 aliphatic carbocycles. The van der Waals surface area contributed by atoms with Crippen molar-refractivity contribution >= 4 is 40.6 Å². The number of aryl methyl sites for hydroxylation is 2. The van der Waals surface area contributed by atoms with Crippen LogP contribution in [0.2, 0.25) is 5.02 Å². The van der Waals surface area contributed by atoms with Gasteiger partial charge in [-0.3, -0.25) is 24.5 Å². The first-order chi connectivity index (χ1) is 14.3. The fourth-order valence-corrected chi connectivity index (χ4v) is 3.40. The number of anilines is 1. The zero-order valence-electron chi connectivity index (χ0n) is 16.0.